The molecule has 128 valence electrons. The summed E-state index contributed by atoms with van der Waals surface area (Å²) in [5.74, 6) is 1.05. The van der Waals surface area contributed by atoms with E-state index in [1.54, 1.807) is 0 Å². The molecule has 3 N–H and O–H groups in total. The molecule has 1 aliphatic carbocycles. The first-order chi connectivity index (χ1) is 11.3. The number of para-hydroxylation sites is 1. The second-order valence-electron chi connectivity index (χ2n) is 5.91. The lowest BCUT2D eigenvalue weighted by Gasteiger charge is -2.23. The van der Waals surface area contributed by atoms with Gasteiger partial charge < -0.3 is 15.8 Å². The van der Waals surface area contributed by atoms with Gasteiger partial charge in [0.05, 0.1) is 0 Å². The van der Waals surface area contributed by atoms with Gasteiger partial charge in [-0.15, -0.1) is 12.4 Å². The number of halogens is 1. The summed E-state index contributed by atoms with van der Waals surface area (Å²) >= 11 is 0. The Morgan fingerprint density at radius 1 is 1.08 bits per heavy atom. The number of hydrogen-bond donors (Lipinski definition) is 2. The number of rotatable bonds is 7. The molecule has 0 saturated heterocycles. The fraction of sp³-hybridized carbons (Fsp3) is 0.316. The predicted octanol–water partition coefficient (Wildman–Crippen LogP) is 3.08. The average molecular weight is 347 g/mol. The highest BCUT2D eigenvalue weighted by Gasteiger charge is 2.33. The molecule has 2 unspecified atom stereocenters. The molecule has 3 rings (SSSR count). The Balaban J connectivity index is 0.00000208. The first kappa shape index (κ1) is 18.3. The minimum Gasteiger partial charge on any atom is -0.476 e. The third-order valence-corrected chi connectivity index (χ3v) is 4.11. The molecule has 2 aromatic carbocycles. The molecule has 0 aliphatic heterocycles. The second kappa shape index (κ2) is 8.71. The van der Waals surface area contributed by atoms with Crippen LogP contribution in [-0.4, -0.2) is 18.5 Å². The molecule has 0 radical (unpaired) electrons. The van der Waals surface area contributed by atoms with Crippen LogP contribution in [0.3, 0.4) is 0 Å². The van der Waals surface area contributed by atoms with Gasteiger partial charge in [0.25, 0.3) is 5.91 Å². The molecule has 2 aromatic rings. The monoisotopic (exact) mass is 346 g/mol. The number of carbonyl (C=O) groups excluding carboxylic acids is 1. The van der Waals surface area contributed by atoms with Crippen LogP contribution in [0.15, 0.2) is 60.7 Å². The highest BCUT2D eigenvalue weighted by molar-refractivity contribution is 5.85. The highest BCUT2D eigenvalue weighted by Crippen LogP contribution is 2.32. The van der Waals surface area contributed by atoms with Crippen molar-refractivity contribution in [3.05, 3.63) is 66.2 Å². The van der Waals surface area contributed by atoms with E-state index in [1.165, 1.54) is 0 Å². The van der Waals surface area contributed by atoms with E-state index in [0.29, 0.717) is 18.2 Å². The zero-order chi connectivity index (χ0) is 16.1. The molecule has 0 aromatic heterocycles. The summed E-state index contributed by atoms with van der Waals surface area (Å²) in [7, 11) is 0. The van der Waals surface area contributed by atoms with E-state index in [4.69, 9.17) is 10.5 Å². The maximum absolute atomic E-state index is 12.8. The third-order valence-electron chi connectivity index (χ3n) is 4.11. The number of nitrogens with one attached hydrogen (secondary N) is 1. The molecule has 1 saturated carbocycles. The summed E-state index contributed by atoms with van der Waals surface area (Å²) < 4.78 is 5.95. The molecule has 5 heteroatoms. The van der Waals surface area contributed by atoms with Gasteiger partial charge in [-0.1, -0.05) is 48.5 Å². The van der Waals surface area contributed by atoms with Crippen LogP contribution in [0.1, 0.15) is 24.5 Å². The minimum absolute atomic E-state index is 0. The van der Waals surface area contributed by atoms with Crippen LogP contribution in [0.5, 0.6) is 5.75 Å². The Bertz CT molecular complexity index is 632. The fourth-order valence-electron chi connectivity index (χ4n) is 2.66. The molecular weight excluding hydrogens is 324 g/mol. The molecule has 0 heterocycles. The number of benzene rings is 2. The minimum atomic E-state index is -0.675. The number of amides is 1. The van der Waals surface area contributed by atoms with Crippen molar-refractivity contribution in [2.24, 2.45) is 11.7 Å². The van der Waals surface area contributed by atoms with Crippen molar-refractivity contribution in [3.63, 3.8) is 0 Å². The first-order valence-corrected chi connectivity index (χ1v) is 8.05. The van der Waals surface area contributed by atoms with Crippen LogP contribution in [0.4, 0.5) is 0 Å². The van der Waals surface area contributed by atoms with E-state index < -0.39 is 6.10 Å². The number of hydrogen-bond acceptors (Lipinski definition) is 3. The fourth-order valence-corrected chi connectivity index (χ4v) is 2.66. The van der Waals surface area contributed by atoms with Gasteiger partial charge in [-0.3, -0.25) is 4.79 Å². The zero-order valence-electron chi connectivity index (χ0n) is 13.4. The summed E-state index contributed by atoms with van der Waals surface area (Å²) in [6, 6.07) is 19.0. The summed E-state index contributed by atoms with van der Waals surface area (Å²) in [5, 5.41) is 3.06. The number of ether oxygens (including phenoxy) is 1. The Labute approximate surface area is 148 Å². The van der Waals surface area contributed by atoms with E-state index in [1.807, 2.05) is 60.7 Å². The Kier molecular flexibility index (Phi) is 6.64. The standard InChI is InChI=1S/C19H22N2O2.ClH/c20-13-17(14-11-12-14)21-19(22)18(15-7-3-1-4-8-15)23-16-9-5-2-6-10-16;/h1-10,14,17-18H,11-13,20H2,(H,21,22);1H. The van der Waals surface area contributed by atoms with Gasteiger partial charge in [0.2, 0.25) is 6.10 Å². The first-order valence-electron chi connectivity index (χ1n) is 8.05. The van der Waals surface area contributed by atoms with Crippen LogP contribution >= 0.6 is 12.4 Å². The van der Waals surface area contributed by atoms with Gasteiger partial charge in [-0.2, -0.15) is 0 Å². The Hall–Kier alpha value is -2.04. The maximum atomic E-state index is 12.8. The van der Waals surface area contributed by atoms with Crippen molar-refractivity contribution in [2.45, 2.75) is 25.0 Å². The van der Waals surface area contributed by atoms with Crippen molar-refractivity contribution < 1.29 is 9.53 Å². The third kappa shape index (κ3) is 4.73. The molecule has 0 spiro atoms. The lowest BCUT2D eigenvalue weighted by Crippen LogP contribution is -2.44. The van der Waals surface area contributed by atoms with Crippen molar-refractivity contribution in [1.29, 1.82) is 0 Å². The van der Waals surface area contributed by atoms with Crippen LogP contribution in [-0.2, 0) is 4.79 Å². The molecule has 1 amide bonds. The highest BCUT2D eigenvalue weighted by atomic mass is 35.5. The summed E-state index contributed by atoms with van der Waals surface area (Å²) in [5.41, 5.74) is 6.63. The molecule has 4 nitrogen and oxygen atoms in total. The van der Waals surface area contributed by atoms with Gasteiger partial charge >= 0.3 is 0 Å². The molecule has 2 atom stereocenters. The van der Waals surface area contributed by atoms with E-state index in [-0.39, 0.29) is 24.4 Å². The van der Waals surface area contributed by atoms with Crippen LogP contribution in [0, 0.1) is 5.92 Å². The summed E-state index contributed by atoms with van der Waals surface area (Å²) in [6.45, 7) is 0.462. The van der Waals surface area contributed by atoms with Gasteiger partial charge in [-0.25, -0.2) is 0 Å². The van der Waals surface area contributed by atoms with Crippen LogP contribution in [0.25, 0.3) is 0 Å². The number of nitrogens with two attached hydrogens (primary N) is 1. The SMILES string of the molecule is Cl.NCC(NC(=O)C(Oc1ccccc1)c1ccccc1)C1CC1. The quantitative estimate of drug-likeness (QED) is 0.809. The lowest BCUT2D eigenvalue weighted by molar-refractivity contribution is -0.129. The molecule has 1 fully saturated rings. The predicted molar refractivity (Wildman–Crippen MR) is 97.2 cm³/mol. The largest absolute Gasteiger partial charge is 0.476 e. The summed E-state index contributed by atoms with van der Waals surface area (Å²) in [6.07, 6.45) is 1.60. The Morgan fingerprint density at radius 2 is 1.67 bits per heavy atom. The smallest absolute Gasteiger partial charge is 0.266 e. The van der Waals surface area contributed by atoms with Gasteiger partial charge in [0.1, 0.15) is 5.75 Å². The van der Waals surface area contributed by atoms with E-state index in [2.05, 4.69) is 5.32 Å². The maximum Gasteiger partial charge on any atom is 0.266 e. The van der Waals surface area contributed by atoms with Gasteiger partial charge in [0, 0.05) is 18.2 Å². The molecule has 1 aliphatic rings. The van der Waals surface area contributed by atoms with Crippen molar-refractivity contribution in [3.8, 4) is 5.75 Å². The molecule has 24 heavy (non-hydrogen) atoms. The average Bonchev–Trinajstić information content (AvgIpc) is 3.44. The van der Waals surface area contributed by atoms with E-state index in [0.717, 1.165) is 18.4 Å². The van der Waals surface area contributed by atoms with Crippen molar-refractivity contribution >= 4 is 18.3 Å². The Morgan fingerprint density at radius 3 is 2.21 bits per heavy atom. The summed E-state index contributed by atoms with van der Waals surface area (Å²) in [4.78, 5) is 12.8. The topological polar surface area (TPSA) is 64.3 Å². The lowest BCUT2D eigenvalue weighted by atomic mass is 10.1. The van der Waals surface area contributed by atoms with E-state index in [9.17, 15) is 4.79 Å². The van der Waals surface area contributed by atoms with Crippen molar-refractivity contribution in [2.75, 3.05) is 6.54 Å². The second-order valence-corrected chi connectivity index (χ2v) is 5.91. The number of carbonyl (C=O) groups is 1. The van der Waals surface area contributed by atoms with Crippen LogP contribution < -0.4 is 15.8 Å². The molecule has 0 bridgehead atoms. The van der Waals surface area contributed by atoms with Gasteiger partial charge in [-0.05, 0) is 30.9 Å². The zero-order valence-corrected chi connectivity index (χ0v) is 14.2. The van der Waals surface area contributed by atoms with Crippen molar-refractivity contribution in [1.82, 2.24) is 5.32 Å². The van der Waals surface area contributed by atoms with Gasteiger partial charge in [0.15, 0.2) is 0 Å². The normalized spacial score (nSPS) is 15.7. The molecular formula is C19H23ClN2O2. The van der Waals surface area contributed by atoms with Crippen LogP contribution in [0.2, 0.25) is 0 Å². The van der Waals surface area contributed by atoms with E-state index >= 15 is 0 Å².